The fourth-order valence-corrected chi connectivity index (χ4v) is 1.87. The first-order valence-corrected chi connectivity index (χ1v) is 5.40. The van der Waals surface area contributed by atoms with Gasteiger partial charge in [0.2, 0.25) is 0 Å². The van der Waals surface area contributed by atoms with E-state index in [2.05, 4.69) is 20.9 Å². The largest absolute Gasteiger partial charge is 0.391 e. The van der Waals surface area contributed by atoms with E-state index in [9.17, 15) is 4.79 Å². The molecule has 0 bridgehead atoms. The van der Waals surface area contributed by atoms with E-state index in [0.717, 1.165) is 26.2 Å². The topological polar surface area (TPSA) is 102 Å². The van der Waals surface area contributed by atoms with Gasteiger partial charge in [-0.05, 0) is 0 Å². The van der Waals surface area contributed by atoms with E-state index in [0.29, 0.717) is 12.4 Å². The number of nitrogens with zero attached hydrogens (tertiary/aromatic N) is 4. The SMILES string of the molecule is N#CCN1CCN(c2nc[nH]c(=O)c2N)CC1. The summed E-state index contributed by atoms with van der Waals surface area (Å²) in [5.41, 5.74) is 5.54. The maximum absolute atomic E-state index is 11.3. The van der Waals surface area contributed by atoms with Crippen molar-refractivity contribution >= 4 is 11.5 Å². The normalized spacial score (nSPS) is 16.8. The molecule has 0 unspecified atom stereocenters. The van der Waals surface area contributed by atoms with Crippen molar-refractivity contribution in [1.82, 2.24) is 14.9 Å². The molecule has 1 saturated heterocycles. The predicted molar refractivity (Wildman–Crippen MR) is 63.5 cm³/mol. The fourth-order valence-electron chi connectivity index (χ4n) is 1.87. The Morgan fingerprint density at radius 2 is 2.18 bits per heavy atom. The summed E-state index contributed by atoms with van der Waals surface area (Å²) >= 11 is 0. The molecule has 1 aromatic rings. The van der Waals surface area contributed by atoms with Gasteiger partial charge < -0.3 is 15.6 Å². The molecule has 17 heavy (non-hydrogen) atoms. The molecule has 7 nitrogen and oxygen atoms in total. The van der Waals surface area contributed by atoms with Crippen LogP contribution in [-0.4, -0.2) is 47.6 Å². The number of nitrogen functional groups attached to an aromatic ring is 1. The number of piperazine rings is 1. The minimum absolute atomic E-state index is 0.154. The lowest BCUT2D eigenvalue weighted by Gasteiger charge is -2.34. The minimum Gasteiger partial charge on any atom is -0.391 e. The zero-order valence-electron chi connectivity index (χ0n) is 9.39. The molecule has 0 aliphatic carbocycles. The zero-order valence-corrected chi connectivity index (χ0v) is 9.39. The van der Waals surface area contributed by atoms with Crippen LogP contribution in [0.15, 0.2) is 11.1 Å². The summed E-state index contributed by atoms with van der Waals surface area (Å²) < 4.78 is 0. The van der Waals surface area contributed by atoms with E-state index in [1.165, 1.54) is 6.33 Å². The van der Waals surface area contributed by atoms with Crippen LogP contribution in [-0.2, 0) is 0 Å². The van der Waals surface area contributed by atoms with Crippen molar-refractivity contribution in [3.8, 4) is 6.07 Å². The second kappa shape index (κ2) is 4.84. The Morgan fingerprint density at radius 3 is 2.82 bits per heavy atom. The van der Waals surface area contributed by atoms with Gasteiger partial charge in [0.05, 0.1) is 18.9 Å². The van der Waals surface area contributed by atoms with Crippen LogP contribution >= 0.6 is 0 Å². The van der Waals surface area contributed by atoms with Gasteiger partial charge in [-0.1, -0.05) is 0 Å². The smallest absolute Gasteiger partial charge is 0.276 e. The van der Waals surface area contributed by atoms with E-state index in [1.54, 1.807) is 0 Å². The summed E-state index contributed by atoms with van der Waals surface area (Å²) in [4.78, 5) is 21.9. The molecular weight excluding hydrogens is 220 g/mol. The van der Waals surface area contributed by atoms with Crippen molar-refractivity contribution in [2.24, 2.45) is 0 Å². The van der Waals surface area contributed by atoms with E-state index >= 15 is 0 Å². The molecule has 0 amide bonds. The summed E-state index contributed by atoms with van der Waals surface area (Å²) in [6.07, 6.45) is 1.36. The minimum atomic E-state index is -0.311. The summed E-state index contributed by atoms with van der Waals surface area (Å²) in [7, 11) is 0. The molecule has 3 N–H and O–H groups in total. The lowest BCUT2D eigenvalue weighted by molar-refractivity contribution is 0.286. The monoisotopic (exact) mass is 234 g/mol. The van der Waals surface area contributed by atoms with Gasteiger partial charge in [0.15, 0.2) is 5.82 Å². The highest BCUT2D eigenvalue weighted by molar-refractivity contribution is 5.61. The van der Waals surface area contributed by atoms with Gasteiger partial charge in [-0.25, -0.2) is 4.98 Å². The predicted octanol–water partition coefficient (Wildman–Crippen LogP) is -1.00. The number of aromatic amines is 1. The maximum atomic E-state index is 11.3. The van der Waals surface area contributed by atoms with Gasteiger partial charge in [-0.2, -0.15) is 5.26 Å². The van der Waals surface area contributed by atoms with Crippen molar-refractivity contribution in [2.75, 3.05) is 43.4 Å². The van der Waals surface area contributed by atoms with Gasteiger partial charge in [0.25, 0.3) is 5.56 Å². The van der Waals surface area contributed by atoms with E-state index < -0.39 is 0 Å². The number of nitrogens with two attached hydrogens (primary N) is 1. The summed E-state index contributed by atoms with van der Waals surface area (Å²) in [6, 6.07) is 2.12. The third kappa shape index (κ3) is 2.37. The highest BCUT2D eigenvalue weighted by Crippen LogP contribution is 2.16. The highest BCUT2D eigenvalue weighted by atomic mass is 16.1. The first kappa shape index (κ1) is 11.4. The summed E-state index contributed by atoms with van der Waals surface area (Å²) in [5.74, 6) is 0.533. The van der Waals surface area contributed by atoms with Gasteiger partial charge in [0, 0.05) is 26.2 Å². The third-order valence-corrected chi connectivity index (χ3v) is 2.83. The average Bonchev–Trinajstić information content (AvgIpc) is 2.34. The summed E-state index contributed by atoms with van der Waals surface area (Å²) in [5, 5.41) is 8.60. The van der Waals surface area contributed by atoms with Crippen molar-refractivity contribution in [1.29, 1.82) is 5.26 Å². The van der Waals surface area contributed by atoms with E-state index in [1.807, 2.05) is 4.90 Å². The highest BCUT2D eigenvalue weighted by Gasteiger charge is 2.20. The first-order valence-electron chi connectivity index (χ1n) is 5.40. The summed E-state index contributed by atoms with van der Waals surface area (Å²) in [6.45, 7) is 3.44. The molecule has 0 radical (unpaired) electrons. The van der Waals surface area contributed by atoms with E-state index in [-0.39, 0.29) is 11.2 Å². The van der Waals surface area contributed by atoms with Crippen LogP contribution in [0, 0.1) is 11.3 Å². The molecule has 1 fully saturated rings. The Bertz CT molecular complexity index is 482. The molecule has 90 valence electrons. The van der Waals surface area contributed by atoms with Crippen LogP contribution in [0.2, 0.25) is 0 Å². The standard InChI is InChI=1S/C10H14N6O/c11-1-2-15-3-5-16(6-4-15)9-8(12)10(17)14-7-13-9/h7H,2-6,12H2,(H,13,14,17). The molecule has 1 aromatic heterocycles. The number of aromatic nitrogens is 2. The van der Waals surface area contributed by atoms with Crippen molar-refractivity contribution < 1.29 is 0 Å². The number of hydrogen-bond acceptors (Lipinski definition) is 6. The molecule has 2 rings (SSSR count). The first-order chi connectivity index (χ1) is 8.22. The number of hydrogen-bond donors (Lipinski definition) is 2. The molecule has 0 aromatic carbocycles. The van der Waals surface area contributed by atoms with Crippen LogP contribution in [0.4, 0.5) is 11.5 Å². The number of rotatable bonds is 2. The van der Waals surface area contributed by atoms with Crippen LogP contribution in [0.1, 0.15) is 0 Å². The number of anilines is 2. The molecule has 2 heterocycles. The van der Waals surface area contributed by atoms with Crippen molar-refractivity contribution in [2.45, 2.75) is 0 Å². The second-order valence-corrected chi connectivity index (χ2v) is 3.89. The zero-order chi connectivity index (χ0) is 12.3. The molecule has 1 aliphatic heterocycles. The Morgan fingerprint density at radius 1 is 1.47 bits per heavy atom. The number of nitrogens with one attached hydrogen (secondary N) is 1. The van der Waals surface area contributed by atoms with Crippen molar-refractivity contribution in [3.63, 3.8) is 0 Å². The third-order valence-electron chi connectivity index (χ3n) is 2.83. The quantitative estimate of drug-likeness (QED) is 0.636. The van der Waals surface area contributed by atoms with Gasteiger partial charge >= 0.3 is 0 Å². The van der Waals surface area contributed by atoms with Crippen LogP contribution < -0.4 is 16.2 Å². The van der Waals surface area contributed by atoms with Gasteiger partial charge in [-0.3, -0.25) is 9.69 Å². The Hall–Kier alpha value is -2.07. The molecule has 0 saturated carbocycles. The molecule has 0 atom stereocenters. The maximum Gasteiger partial charge on any atom is 0.276 e. The Labute approximate surface area is 98.5 Å². The second-order valence-electron chi connectivity index (χ2n) is 3.89. The molecular formula is C10H14N6O. The molecule has 7 heteroatoms. The fraction of sp³-hybridized carbons (Fsp3) is 0.500. The molecule has 1 aliphatic rings. The van der Waals surface area contributed by atoms with Crippen LogP contribution in [0.3, 0.4) is 0 Å². The average molecular weight is 234 g/mol. The Balaban J connectivity index is 2.09. The lowest BCUT2D eigenvalue weighted by atomic mass is 10.3. The van der Waals surface area contributed by atoms with Crippen molar-refractivity contribution in [3.05, 3.63) is 16.7 Å². The molecule has 0 spiro atoms. The van der Waals surface area contributed by atoms with E-state index in [4.69, 9.17) is 11.0 Å². The number of H-pyrrole nitrogens is 1. The lowest BCUT2D eigenvalue weighted by Crippen LogP contribution is -2.47. The number of nitriles is 1. The van der Waals surface area contributed by atoms with Crippen LogP contribution in [0.5, 0.6) is 0 Å². The Kier molecular flexibility index (Phi) is 3.25. The van der Waals surface area contributed by atoms with Gasteiger partial charge in [-0.15, -0.1) is 0 Å². The van der Waals surface area contributed by atoms with Crippen LogP contribution in [0.25, 0.3) is 0 Å². The van der Waals surface area contributed by atoms with Gasteiger partial charge in [0.1, 0.15) is 5.69 Å².